The molecular formula is C17H18FNO2. The predicted molar refractivity (Wildman–Crippen MR) is 74.8 cm³/mol. The van der Waals surface area contributed by atoms with Crippen LogP contribution in [0.1, 0.15) is 43.6 Å². The summed E-state index contributed by atoms with van der Waals surface area (Å²) in [5.74, 6) is 0.139. The van der Waals surface area contributed by atoms with Crippen LogP contribution in [-0.4, -0.2) is 11.8 Å². The van der Waals surface area contributed by atoms with Gasteiger partial charge in [0.15, 0.2) is 0 Å². The summed E-state index contributed by atoms with van der Waals surface area (Å²) >= 11 is 0. The molecule has 1 spiro atoms. The first-order valence-electron chi connectivity index (χ1n) is 7.68. The van der Waals surface area contributed by atoms with Crippen LogP contribution in [0.25, 0.3) is 0 Å². The summed E-state index contributed by atoms with van der Waals surface area (Å²) in [5.41, 5.74) is 0.606. The average molecular weight is 287 g/mol. The predicted octanol–water partition coefficient (Wildman–Crippen LogP) is 2.76. The lowest BCUT2D eigenvalue weighted by Gasteiger charge is -2.46. The third kappa shape index (κ3) is 1.84. The number of amides is 2. The summed E-state index contributed by atoms with van der Waals surface area (Å²) in [7, 11) is 0. The van der Waals surface area contributed by atoms with E-state index in [1.807, 2.05) is 0 Å². The molecule has 1 aliphatic heterocycles. The van der Waals surface area contributed by atoms with E-state index in [9.17, 15) is 14.0 Å². The first-order valence-corrected chi connectivity index (χ1v) is 7.68. The normalized spacial score (nSPS) is 38.0. The van der Waals surface area contributed by atoms with E-state index in [-0.39, 0.29) is 29.0 Å². The minimum atomic E-state index is -0.314. The zero-order valence-corrected chi connectivity index (χ0v) is 11.8. The molecule has 1 heterocycles. The Morgan fingerprint density at radius 2 is 1.90 bits per heavy atom. The maximum atomic E-state index is 13.2. The molecule has 0 radical (unpaired) electrons. The van der Waals surface area contributed by atoms with Crippen LogP contribution in [0.2, 0.25) is 0 Å². The van der Waals surface area contributed by atoms with Crippen molar-refractivity contribution in [1.82, 2.24) is 5.32 Å². The third-order valence-electron chi connectivity index (χ3n) is 5.82. The molecule has 2 bridgehead atoms. The molecule has 4 rings (SSSR count). The van der Waals surface area contributed by atoms with Crippen molar-refractivity contribution < 1.29 is 14.0 Å². The maximum absolute atomic E-state index is 13.2. The number of nitrogens with one attached hydrogen (secondary N) is 1. The minimum Gasteiger partial charge on any atom is -0.296 e. The molecule has 110 valence electrons. The fourth-order valence-corrected chi connectivity index (χ4v) is 5.11. The molecule has 2 aliphatic carbocycles. The lowest BCUT2D eigenvalue weighted by atomic mass is 9.59. The summed E-state index contributed by atoms with van der Waals surface area (Å²) < 4.78 is 13.2. The zero-order valence-electron chi connectivity index (χ0n) is 11.8. The second-order valence-electron chi connectivity index (χ2n) is 6.89. The maximum Gasteiger partial charge on any atom is 0.234 e. The summed E-state index contributed by atoms with van der Waals surface area (Å²) in [5, 5.41) is 2.48. The summed E-state index contributed by atoms with van der Waals surface area (Å²) in [6.45, 7) is 0. The Morgan fingerprint density at radius 1 is 1.14 bits per heavy atom. The zero-order chi connectivity index (χ0) is 14.6. The van der Waals surface area contributed by atoms with Gasteiger partial charge in [-0.25, -0.2) is 4.39 Å². The molecule has 2 saturated carbocycles. The first-order chi connectivity index (χ1) is 10.1. The Balaban J connectivity index is 1.79. The van der Waals surface area contributed by atoms with Crippen LogP contribution in [0.5, 0.6) is 0 Å². The van der Waals surface area contributed by atoms with Gasteiger partial charge in [0, 0.05) is 6.42 Å². The van der Waals surface area contributed by atoms with Gasteiger partial charge < -0.3 is 0 Å². The number of rotatable bonds is 1. The molecule has 1 N–H and O–H groups in total. The Morgan fingerprint density at radius 3 is 2.52 bits per heavy atom. The minimum absolute atomic E-state index is 0.147. The molecule has 4 heteroatoms. The lowest BCUT2D eigenvalue weighted by Crippen LogP contribution is -2.52. The van der Waals surface area contributed by atoms with Gasteiger partial charge in [-0.3, -0.25) is 14.9 Å². The number of benzene rings is 1. The van der Waals surface area contributed by atoms with Crippen LogP contribution in [0, 0.1) is 23.1 Å². The van der Waals surface area contributed by atoms with E-state index in [4.69, 9.17) is 0 Å². The van der Waals surface area contributed by atoms with Gasteiger partial charge in [0.05, 0.1) is 5.92 Å². The molecule has 21 heavy (non-hydrogen) atoms. The number of imide groups is 1. The fraction of sp³-hybridized carbons (Fsp3) is 0.529. The van der Waals surface area contributed by atoms with Gasteiger partial charge in [-0.2, -0.15) is 0 Å². The number of hydrogen-bond donors (Lipinski definition) is 1. The highest BCUT2D eigenvalue weighted by molar-refractivity contribution is 6.02. The summed E-state index contributed by atoms with van der Waals surface area (Å²) in [4.78, 5) is 24.5. The van der Waals surface area contributed by atoms with Gasteiger partial charge in [-0.1, -0.05) is 18.6 Å². The van der Waals surface area contributed by atoms with Crippen LogP contribution in [0.4, 0.5) is 4.39 Å². The Bertz CT molecular complexity index is 612. The average Bonchev–Trinajstić information content (AvgIpc) is 3.00. The van der Waals surface area contributed by atoms with E-state index >= 15 is 0 Å². The second-order valence-corrected chi connectivity index (χ2v) is 6.89. The van der Waals surface area contributed by atoms with Gasteiger partial charge in [-0.05, 0) is 54.2 Å². The van der Waals surface area contributed by atoms with E-state index in [0.29, 0.717) is 18.3 Å². The Hall–Kier alpha value is -1.71. The summed E-state index contributed by atoms with van der Waals surface area (Å²) in [6, 6.07) is 6.20. The molecule has 4 atom stereocenters. The fourth-order valence-electron chi connectivity index (χ4n) is 5.11. The first kappa shape index (κ1) is 13.0. The van der Waals surface area contributed by atoms with Gasteiger partial charge in [0.25, 0.3) is 0 Å². The number of carbonyl (C=O) groups is 2. The lowest BCUT2D eigenvalue weighted by molar-refractivity contribution is -0.142. The number of carbonyl (C=O) groups excluding carboxylic acids is 2. The van der Waals surface area contributed by atoms with Crippen LogP contribution in [0.15, 0.2) is 24.3 Å². The van der Waals surface area contributed by atoms with E-state index in [1.165, 1.54) is 18.6 Å². The molecule has 1 aromatic carbocycles. The smallest absolute Gasteiger partial charge is 0.234 e. The number of hydrogen-bond acceptors (Lipinski definition) is 2. The van der Waals surface area contributed by atoms with E-state index in [1.54, 1.807) is 12.1 Å². The second kappa shape index (κ2) is 4.39. The molecule has 3 nitrogen and oxygen atoms in total. The van der Waals surface area contributed by atoms with Crippen molar-refractivity contribution in [3.05, 3.63) is 35.6 Å². The van der Waals surface area contributed by atoms with Crippen molar-refractivity contribution in [2.75, 3.05) is 0 Å². The quantitative estimate of drug-likeness (QED) is 0.807. The molecule has 4 unspecified atom stereocenters. The van der Waals surface area contributed by atoms with Crippen molar-refractivity contribution in [2.24, 2.45) is 17.3 Å². The monoisotopic (exact) mass is 287 g/mol. The van der Waals surface area contributed by atoms with Gasteiger partial charge in [-0.15, -0.1) is 0 Å². The molecule has 0 aromatic heterocycles. The number of piperidine rings is 1. The highest BCUT2D eigenvalue weighted by Gasteiger charge is 2.59. The Kier molecular flexibility index (Phi) is 2.72. The van der Waals surface area contributed by atoms with Crippen LogP contribution < -0.4 is 5.32 Å². The van der Waals surface area contributed by atoms with Crippen molar-refractivity contribution in [1.29, 1.82) is 0 Å². The van der Waals surface area contributed by atoms with Gasteiger partial charge in [0.2, 0.25) is 11.8 Å². The molecule has 3 fully saturated rings. The standard InChI is InChI=1S/C17H18FNO2/c18-13-5-2-11(3-6-13)15-16(21)19-14(20)9-17(15)8-10-1-4-12(17)7-10/h2-3,5-6,10,12,15H,1,4,7-9H2,(H,19,20,21). The molecular weight excluding hydrogens is 269 g/mol. The third-order valence-corrected chi connectivity index (χ3v) is 5.82. The van der Waals surface area contributed by atoms with Crippen LogP contribution in [-0.2, 0) is 9.59 Å². The Labute approximate surface area is 122 Å². The molecule has 2 amide bonds. The number of halogens is 1. The molecule has 1 aromatic rings. The largest absolute Gasteiger partial charge is 0.296 e. The van der Waals surface area contributed by atoms with Crippen LogP contribution >= 0.6 is 0 Å². The van der Waals surface area contributed by atoms with Crippen LogP contribution in [0.3, 0.4) is 0 Å². The topological polar surface area (TPSA) is 46.2 Å². The van der Waals surface area contributed by atoms with Crippen molar-refractivity contribution >= 4 is 11.8 Å². The van der Waals surface area contributed by atoms with E-state index < -0.39 is 0 Å². The van der Waals surface area contributed by atoms with Gasteiger partial charge >= 0.3 is 0 Å². The summed E-state index contributed by atoms with van der Waals surface area (Å²) in [6.07, 6.45) is 4.86. The number of fused-ring (bicyclic) bond motifs is 3. The van der Waals surface area contributed by atoms with Gasteiger partial charge in [0.1, 0.15) is 5.82 Å². The van der Waals surface area contributed by atoms with Crippen molar-refractivity contribution in [2.45, 2.75) is 38.0 Å². The van der Waals surface area contributed by atoms with E-state index in [0.717, 1.165) is 24.8 Å². The van der Waals surface area contributed by atoms with Crippen molar-refractivity contribution in [3.8, 4) is 0 Å². The van der Waals surface area contributed by atoms with E-state index in [2.05, 4.69) is 5.32 Å². The highest BCUT2D eigenvalue weighted by Crippen LogP contribution is 2.64. The SMILES string of the molecule is O=C1CC2(CC3CCC2C3)C(c2ccc(F)cc2)C(=O)N1. The van der Waals surface area contributed by atoms with Crippen molar-refractivity contribution in [3.63, 3.8) is 0 Å². The molecule has 3 aliphatic rings. The molecule has 1 saturated heterocycles. The highest BCUT2D eigenvalue weighted by atomic mass is 19.1.